The quantitative estimate of drug-likeness (QED) is 0.925. The molecule has 2 aromatic rings. The van der Waals surface area contributed by atoms with Crippen molar-refractivity contribution in [2.75, 3.05) is 5.73 Å². The topological polar surface area (TPSA) is 43.8 Å². The lowest BCUT2D eigenvalue weighted by Gasteiger charge is -2.21. The van der Waals surface area contributed by atoms with E-state index >= 15 is 0 Å². The van der Waals surface area contributed by atoms with E-state index in [0.29, 0.717) is 18.0 Å². The minimum Gasteiger partial charge on any atom is -0.369 e. The highest BCUT2D eigenvalue weighted by atomic mass is 19.1. The van der Waals surface area contributed by atoms with Crippen LogP contribution in [-0.4, -0.2) is 9.55 Å². The van der Waals surface area contributed by atoms with E-state index in [4.69, 9.17) is 5.73 Å². The van der Waals surface area contributed by atoms with Gasteiger partial charge in [-0.2, -0.15) is 0 Å². The molecule has 3 rings (SSSR count). The zero-order chi connectivity index (χ0) is 13.8. The van der Waals surface area contributed by atoms with Crippen LogP contribution in [0.4, 0.5) is 14.7 Å². The molecule has 5 heteroatoms. The third-order valence-corrected chi connectivity index (χ3v) is 4.39. The van der Waals surface area contributed by atoms with Gasteiger partial charge in [0, 0.05) is 18.7 Å². The number of benzene rings is 1. The largest absolute Gasteiger partial charge is 0.369 e. The highest BCUT2D eigenvalue weighted by Crippen LogP contribution is 2.53. The van der Waals surface area contributed by atoms with Crippen molar-refractivity contribution in [2.24, 2.45) is 11.3 Å². The zero-order valence-corrected chi connectivity index (χ0v) is 11.1. The van der Waals surface area contributed by atoms with Gasteiger partial charge >= 0.3 is 0 Å². The van der Waals surface area contributed by atoms with Crippen molar-refractivity contribution in [1.29, 1.82) is 0 Å². The van der Waals surface area contributed by atoms with Crippen LogP contribution in [0.25, 0.3) is 11.0 Å². The normalized spacial score (nSPS) is 17.3. The minimum absolute atomic E-state index is 0.151. The van der Waals surface area contributed by atoms with Gasteiger partial charge < -0.3 is 10.3 Å². The number of hydrogen-bond acceptors (Lipinski definition) is 2. The van der Waals surface area contributed by atoms with Crippen LogP contribution >= 0.6 is 0 Å². The molecule has 0 aliphatic heterocycles. The Kier molecular flexibility index (Phi) is 2.56. The first kappa shape index (κ1) is 12.4. The molecule has 0 atom stereocenters. The average Bonchev–Trinajstić information content (AvgIpc) is 3.04. The summed E-state index contributed by atoms with van der Waals surface area (Å²) < 4.78 is 28.8. The number of rotatable bonds is 3. The maximum atomic E-state index is 13.7. The van der Waals surface area contributed by atoms with Crippen LogP contribution in [0.1, 0.15) is 26.7 Å². The van der Waals surface area contributed by atoms with Crippen molar-refractivity contribution >= 4 is 17.0 Å². The first-order chi connectivity index (χ1) is 8.93. The second-order valence-electron chi connectivity index (χ2n) is 5.83. The minimum atomic E-state index is -0.658. The van der Waals surface area contributed by atoms with E-state index in [1.807, 2.05) is 0 Å². The summed E-state index contributed by atoms with van der Waals surface area (Å²) in [7, 11) is 0. The first-order valence-corrected chi connectivity index (χ1v) is 6.54. The van der Waals surface area contributed by atoms with E-state index in [-0.39, 0.29) is 16.9 Å². The maximum Gasteiger partial charge on any atom is 0.201 e. The molecule has 0 radical (unpaired) electrons. The molecule has 1 saturated carbocycles. The summed E-state index contributed by atoms with van der Waals surface area (Å²) in [5.74, 6) is -0.482. The molecule has 0 amide bonds. The Morgan fingerprint density at radius 1 is 1.37 bits per heavy atom. The molecule has 0 saturated heterocycles. The second kappa shape index (κ2) is 3.92. The van der Waals surface area contributed by atoms with E-state index in [2.05, 4.69) is 18.8 Å². The van der Waals surface area contributed by atoms with Gasteiger partial charge in [-0.15, -0.1) is 0 Å². The van der Waals surface area contributed by atoms with Crippen molar-refractivity contribution in [1.82, 2.24) is 9.55 Å². The molecule has 102 valence electrons. The Balaban J connectivity index is 2.11. The van der Waals surface area contributed by atoms with E-state index < -0.39 is 11.6 Å². The molecular formula is C14H17F2N3. The number of hydrogen-bond donors (Lipinski definition) is 1. The standard InChI is InChI=1S/C14H17F2N3/c1-8(2)14(3-4-14)7-19-11-6-9(15)5-10(16)12(11)18-13(19)17/h5-6,8H,3-4,7H2,1-2H3,(H2,17,18). The van der Waals surface area contributed by atoms with Crippen molar-refractivity contribution in [2.45, 2.75) is 33.2 Å². The summed E-state index contributed by atoms with van der Waals surface area (Å²) in [5.41, 5.74) is 6.67. The molecular weight excluding hydrogens is 248 g/mol. The van der Waals surface area contributed by atoms with Gasteiger partial charge in [0.05, 0.1) is 5.52 Å². The van der Waals surface area contributed by atoms with Crippen molar-refractivity contribution < 1.29 is 8.78 Å². The van der Waals surface area contributed by atoms with Crippen LogP contribution in [0, 0.1) is 23.0 Å². The van der Waals surface area contributed by atoms with Crippen LogP contribution in [0.2, 0.25) is 0 Å². The summed E-state index contributed by atoms with van der Waals surface area (Å²) in [5, 5.41) is 0. The molecule has 1 aliphatic carbocycles. The van der Waals surface area contributed by atoms with Gasteiger partial charge in [0.15, 0.2) is 5.82 Å². The summed E-state index contributed by atoms with van der Waals surface area (Å²) in [6.07, 6.45) is 2.25. The molecule has 3 nitrogen and oxygen atoms in total. The number of aromatic nitrogens is 2. The Morgan fingerprint density at radius 3 is 2.63 bits per heavy atom. The Labute approximate surface area is 110 Å². The first-order valence-electron chi connectivity index (χ1n) is 6.54. The van der Waals surface area contributed by atoms with Gasteiger partial charge in [-0.25, -0.2) is 13.8 Å². The second-order valence-corrected chi connectivity index (χ2v) is 5.83. The predicted molar refractivity (Wildman–Crippen MR) is 70.6 cm³/mol. The SMILES string of the molecule is CC(C)C1(Cn2c(N)nc3c(F)cc(F)cc32)CC1. The van der Waals surface area contributed by atoms with Crippen molar-refractivity contribution in [3.05, 3.63) is 23.8 Å². The van der Waals surface area contributed by atoms with Crippen molar-refractivity contribution in [3.63, 3.8) is 0 Å². The molecule has 1 heterocycles. The summed E-state index contributed by atoms with van der Waals surface area (Å²) in [4.78, 5) is 4.02. The number of anilines is 1. The number of imidazole rings is 1. The fraction of sp³-hybridized carbons (Fsp3) is 0.500. The van der Waals surface area contributed by atoms with Gasteiger partial charge in [0.25, 0.3) is 0 Å². The lowest BCUT2D eigenvalue weighted by Crippen LogP contribution is -2.19. The zero-order valence-electron chi connectivity index (χ0n) is 11.1. The van der Waals surface area contributed by atoms with Gasteiger partial charge in [-0.05, 0) is 24.2 Å². The Hall–Kier alpha value is -1.65. The van der Waals surface area contributed by atoms with E-state index in [1.165, 1.54) is 6.07 Å². The number of halogens is 2. The van der Waals surface area contributed by atoms with Gasteiger partial charge in [0.1, 0.15) is 11.3 Å². The third-order valence-electron chi connectivity index (χ3n) is 4.39. The Morgan fingerprint density at radius 2 is 2.05 bits per heavy atom. The number of nitrogens with two attached hydrogens (primary N) is 1. The average molecular weight is 265 g/mol. The van der Waals surface area contributed by atoms with Crippen LogP contribution < -0.4 is 5.73 Å². The molecule has 1 aromatic heterocycles. The summed E-state index contributed by atoms with van der Waals surface area (Å²) >= 11 is 0. The van der Waals surface area contributed by atoms with E-state index in [0.717, 1.165) is 18.9 Å². The fourth-order valence-electron chi connectivity index (χ4n) is 2.73. The summed E-state index contributed by atoms with van der Waals surface area (Å²) in [6.45, 7) is 5.02. The molecule has 1 aromatic carbocycles. The van der Waals surface area contributed by atoms with Gasteiger partial charge in [-0.3, -0.25) is 0 Å². The van der Waals surface area contributed by atoms with E-state index in [1.54, 1.807) is 4.57 Å². The molecule has 0 bridgehead atoms. The predicted octanol–water partition coefficient (Wildman–Crippen LogP) is 3.33. The molecule has 0 unspecified atom stereocenters. The lowest BCUT2D eigenvalue weighted by molar-refractivity contribution is 0.314. The van der Waals surface area contributed by atoms with Gasteiger partial charge in [0.2, 0.25) is 5.95 Å². The number of fused-ring (bicyclic) bond motifs is 1. The number of nitrogens with zero attached hydrogens (tertiary/aromatic N) is 2. The molecule has 2 N–H and O–H groups in total. The highest BCUT2D eigenvalue weighted by molar-refractivity contribution is 5.79. The molecule has 1 fully saturated rings. The number of nitrogen functional groups attached to an aromatic ring is 1. The van der Waals surface area contributed by atoms with E-state index in [9.17, 15) is 8.78 Å². The maximum absolute atomic E-state index is 13.7. The fourth-order valence-corrected chi connectivity index (χ4v) is 2.73. The van der Waals surface area contributed by atoms with Crippen LogP contribution in [0.15, 0.2) is 12.1 Å². The molecule has 19 heavy (non-hydrogen) atoms. The van der Waals surface area contributed by atoms with Crippen molar-refractivity contribution in [3.8, 4) is 0 Å². The summed E-state index contributed by atoms with van der Waals surface area (Å²) in [6, 6.07) is 2.15. The molecule has 1 aliphatic rings. The van der Waals surface area contributed by atoms with Crippen LogP contribution in [0.3, 0.4) is 0 Å². The third kappa shape index (κ3) is 1.88. The Bertz CT molecular complexity index is 642. The van der Waals surface area contributed by atoms with Gasteiger partial charge in [-0.1, -0.05) is 13.8 Å². The monoisotopic (exact) mass is 265 g/mol. The van der Waals surface area contributed by atoms with Crippen LogP contribution in [0.5, 0.6) is 0 Å². The van der Waals surface area contributed by atoms with Crippen LogP contribution in [-0.2, 0) is 6.54 Å². The molecule has 0 spiro atoms. The highest BCUT2D eigenvalue weighted by Gasteiger charge is 2.46. The lowest BCUT2D eigenvalue weighted by atomic mass is 9.92. The smallest absolute Gasteiger partial charge is 0.201 e.